The van der Waals surface area contributed by atoms with Crippen LogP contribution in [-0.4, -0.2) is 27.5 Å². The first-order chi connectivity index (χ1) is 7.69. The Hall–Kier alpha value is -2.50. The fourth-order valence-corrected chi connectivity index (χ4v) is 1.27. The number of nitrogens with zero attached hydrogens (tertiary/aromatic N) is 2. The standard InChI is InChI=1S/C10H7N3O3/c14-5-6-1-8-9(11-3-6)2-7(4-12-8)13-10(15)16/h1-5,13H,(H,15,16). The van der Waals surface area contributed by atoms with Crippen LogP contribution in [0.2, 0.25) is 0 Å². The van der Waals surface area contributed by atoms with Gasteiger partial charge in [0.25, 0.3) is 0 Å². The fourth-order valence-electron chi connectivity index (χ4n) is 1.27. The molecular weight excluding hydrogens is 210 g/mol. The fraction of sp³-hybridized carbons (Fsp3) is 0. The van der Waals surface area contributed by atoms with Crippen molar-refractivity contribution in [2.75, 3.05) is 5.32 Å². The molecule has 2 N–H and O–H groups in total. The van der Waals surface area contributed by atoms with Gasteiger partial charge < -0.3 is 5.11 Å². The highest BCUT2D eigenvalue weighted by molar-refractivity contribution is 5.88. The first-order valence-corrected chi connectivity index (χ1v) is 4.40. The van der Waals surface area contributed by atoms with Crippen LogP contribution in [0, 0.1) is 0 Å². The van der Waals surface area contributed by atoms with Crippen molar-refractivity contribution in [3.05, 3.63) is 30.1 Å². The third kappa shape index (κ3) is 1.95. The highest BCUT2D eigenvalue weighted by atomic mass is 16.4. The van der Waals surface area contributed by atoms with Crippen molar-refractivity contribution in [2.45, 2.75) is 0 Å². The molecule has 0 aliphatic rings. The predicted molar refractivity (Wildman–Crippen MR) is 56.6 cm³/mol. The molecule has 2 rings (SSSR count). The molecule has 0 bridgehead atoms. The summed E-state index contributed by atoms with van der Waals surface area (Å²) in [6.45, 7) is 0. The van der Waals surface area contributed by atoms with Crippen LogP contribution in [-0.2, 0) is 0 Å². The van der Waals surface area contributed by atoms with Crippen LogP contribution < -0.4 is 5.32 Å². The Kier molecular flexibility index (Phi) is 2.47. The van der Waals surface area contributed by atoms with Gasteiger partial charge in [-0.25, -0.2) is 4.79 Å². The molecule has 16 heavy (non-hydrogen) atoms. The summed E-state index contributed by atoms with van der Waals surface area (Å²) in [6.07, 6.45) is 2.29. The lowest BCUT2D eigenvalue weighted by Crippen LogP contribution is -2.07. The zero-order chi connectivity index (χ0) is 11.5. The number of rotatable bonds is 2. The lowest BCUT2D eigenvalue weighted by atomic mass is 10.2. The Bertz CT molecular complexity index is 568. The number of aldehydes is 1. The zero-order valence-corrected chi connectivity index (χ0v) is 8.04. The molecule has 0 unspecified atom stereocenters. The van der Waals surface area contributed by atoms with E-state index in [0.29, 0.717) is 28.6 Å². The van der Waals surface area contributed by atoms with E-state index < -0.39 is 6.09 Å². The normalized spacial score (nSPS) is 10.0. The maximum Gasteiger partial charge on any atom is 0.409 e. The van der Waals surface area contributed by atoms with E-state index in [1.54, 1.807) is 12.1 Å². The summed E-state index contributed by atoms with van der Waals surface area (Å²) in [7, 11) is 0. The first kappa shape index (κ1) is 10.0. The van der Waals surface area contributed by atoms with Gasteiger partial charge in [0.1, 0.15) is 0 Å². The monoisotopic (exact) mass is 217 g/mol. The van der Waals surface area contributed by atoms with Crippen LogP contribution >= 0.6 is 0 Å². The molecule has 0 atom stereocenters. The van der Waals surface area contributed by atoms with E-state index in [0.717, 1.165) is 0 Å². The van der Waals surface area contributed by atoms with E-state index in [-0.39, 0.29) is 0 Å². The van der Waals surface area contributed by atoms with Crippen LogP contribution in [0.15, 0.2) is 24.5 Å². The largest absolute Gasteiger partial charge is 0.465 e. The quantitative estimate of drug-likeness (QED) is 0.744. The van der Waals surface area contributed by atoms with Crippen LogP contribution in [0.4, 0.5) is 10.5 Å². The highest BCUT2D eigenvalue weighted by Crippen LogP contribution is 2.14. The molecule has 0 radical (unpaired) electrons. The van der Waals surface area contributed by atoms with E-state index in [1.165, 1.54) is 12.4 Å². The number of pyridine rings is 2. The Morgan fingerprint density at radius 1 is 1.25 bits per heavy atom. The second-order valence-corrected chi connectivity index (χ2v) is 3.08. The number of aromatic nitrogens is 2. The highest BCUT2D eigenvalue weighted by Gasteiger charge is 2.02. The van der Waals surface area contributed by atoms with E-state index in [2.05, 4.69) is 15.3 Å². The maximum absolute atomic E-state index is 10.5. The van der Waals surface area contributed by atoms with Gasteiger partial charge in [0.05, 0.1) is 22.9 Å². The van der Waals surface area contributed by atoms with Crippen LogP contribution in [0.3, 0.4) is 0 Å². The lowest BCUT2D eigenvalue weighted by Gasteiger charge is -2.02. The van der Waals surface area contributed by atoms with Gasteiger partial charge in [-0.15, -0.1) is 0 Å². The summed E-state index contributed by atoms with van der Waals surface area (Å²) < 4.78 is 0. The second-order valence-electron chi connectivity index (χ2n) is 3.08. The Morgan fingerprint density at radius 2 is 1.94 bits per heavy atom. The lowest BCUT2D eigenvalue weighted by molar-refractivity contribution is 0.112. The minimum absolute atomic E-state index is 0.339. The molecule has 0 saturated carbocycles. The third-order valence-corrected chi connectivity index (χ3v) is 1.94. The van der Waals surface area contributed by atoms with Crippen molar-refractivity contribution in [1.82, 2.24) is 9.97 Å². The van der Waals surface area contributed by atoms with E-state index in [9.17, 15) is 9.59 Å². The van der Waals surface area contributed by atoms with Gasteiger partial charge in [-0.3, -0.25) is 20.1 Å². The molecule has 6 nitrogen and oxygen atoms in total. The average molecular weight is 217 g/mol. The minimum atomic E-state index is -1.16. The van der Waals surface area contributed by atoms with Crippen molar-refractivity contribution in [3.8, 4) is 0 Å². The van der Waals surface area contributed by atoms with Gasteiger partial charge >= 0.3 is 6.09 Å². The number of hydrogen-bond acceptors (Lipinski definition) is 4. The van der Waals surface area contributed by atoms with E-state index >= 15 is 0 Å². The number of hydrogen-bond donors (Lipinski definition) is 2. The second kappa shape index (κ2) is 3.93. The van der Waals surface area contributed by atoms with Gasteiger partial charge in [-0.05, 0) is 12.1 Å². The van der Waals surface area contributed by atoms with E-state index in [4.69, 9.17) is 5.11 Å². The summed E-state index contributed by atoms with van der Waals surface area (Å²) in [5.41, 5.74) is 1.84. The molecule has 2 heterocycles. The predicted octanol–water partition coefficient (Wildman–Crippen LogP) is 1.53. The molecular formula is C10H7N3O3. The van der Waals surface area contributed by atoms with Crippen molar-refractivity contribution in [1.29, 1.82) is 0 Å². The number of anilines is 1. The van der Waals surface area contributed by atoms with Crippen molar-refractivity contribution in [2.24, 2.45) is 0 Å². The van der Waals surface area contributed by atoms with Crippen LogP contribution in [0.25, 0.3) is 11.0 Å². The Morgan fingerprint density at radius 3 is 2.62 bits per heavy atom. The first-order valence-electron chi connectivity index (χ1n) is 4.40. The number of carbonyl (C=O) groups excluding carboxylic acids is 1. The Labute approximate surface area is 89.9 Å². The molecule has 1 amide bonds. The average Bonchev–Trinajstić information content (AvgIpc) is 2.27. The molecule has 80 valence electrons. The molecule has 0 spiro atoms. The molecule has 0 fully saturated rings. The molecule has 6 heteroatoms. The van der Waals surface area contributed by atoms with E-state index in [1.807, 2.05) is 0 Å². The number of amides is 1. The molecule has 2 aromatic heterocycles. The molecule has 0 aromatic carbocycles. The number of nitrogens with one attached hydrogen (secondary N) is 1. The molecule has 0 saturated heterocycles. The smallest absolute Gasteiger partial charge is 0.409 e. The van der Waals surface area contributed by atoms with Gasteiger partial charge in [-0.2, -0.15) is 0 Å². The van der Waals surface area contributed by atoms with Gasteiger partial charge in [-0.1, -0.05) is 0 Å². The van der Waals surface area contributed by atoms with Crippen molar-refractivity contribution >= 4 is 29.1 Å². The summed E-state index contributed by atoms with van der Waals surface area (Å²) in [5.74, 6) is 0. The SMILES string of the molecule is O=Cc1cnc2cc(NC(=O)O)cnc2c1. The Balaban J connectivity index is 2.47. The summed E-state index contributed by atoms with van der Waals surface area (Å²) in [5, 5.41) is 10.7. The number of carboxylic acid groups (broad SMARTS) is 1. The molecule has 2 aromatic rings. The van der Waals surface area contributed by atoms with Crippen molar-refractivity contribution in [3.63, 3.8) is 0 Å². The third-order valence-electron chi connectivity index (χ3n) is 1.94. The number of fused-ring (bicyclic) bond motifs is 1. The van der Waals surface area contributed by atoms with Crippen molar-refractivity contribution < 1.29 is 14.7 Å². The van der Waals surface area contributed by atoms with Gasteiger partial charge in [0, 0.05) is 11.8 Å². The summed E-state index contributed by atoms with van der Waals surface area (Å²) >= 11 is 0. The van der Waals surface area contributed by atoms with Gasteiger partial charge in [0.15, 0.2) is 6.29 Å². The van der Waals surface area contributed by atoms with Crippen LogP contribution in [0.1, 0.15) is 10.4 Å². The minimum Gasteiger partial charge on any atom is -0.465 e. The van der Waals surface area contributed by atoms with Crippen LogP contribution in [0.5, 0.6) is 0 Å². The number of carbonyl (C=O) groups is 2. The summed E-state index contributed by atoms with van der Waals surface area (Å²) in [4.78, 5) is 28.9. The zero-order valence-electron chi connectivity index (χ0n) is 8.04. The molecule has 0 aliphatic carbocycles. The summed E-state index contributed by atoms with van der Waals surface area (Å²) in [6, 6.07) is 3.13. The van der Waals surface area contributed by atoms with Gasteiger partial charge in [0.2, 0.25) is 0 Å². The topological polar surface area (TPSA) is 92.2 Å². The molecule has 0 aliphatic heterocycles. The maximum atomic E-state index is 10.5.